The van der Waals surface area contributed by atoms with Crippen LogP contribution in [0.2, 0.25) is 0 Å². The molecule has 1 saturated carbocycles. The van der Waals surface area contributed by atoms with Gasteiger partial charge in [0.05, 0.1) is 24.9 Å². The molecule has 1 aliphatic carbocycles. The van der Waals surface area contributed by atoms with Gasteiger partial charge in [0.25, 0.3) is 0 Å². The second-order valence-electron chi connectivity index (χ2n) is 5.05. The van der Waals surface area contributed by atoms with E-state index in [0.29, 0.717) is 23.5 Å². The van der Waals surface area contributed by atoms with Crippen molar-refractivity contribution in [2.75, 3.05) is 30.9 Å². The van der Waals surface area contributed by atoms with Crippen molar-refractivity contribution < 1.29 is 9.47 Å². The minimum absolute atomic E-state index is 0.345. The van der Waals surface area contributed by atoms with Crippen LogP contribution in [0.5, 0.6) is 5.88 Å². The molecule has 1 aromatic rings. The lowest BCUT2D eigenvalue weighted by Crippen LogP contribution is -2.20. The molecule has 3 N–H and O–H groups in total. The Morgan fingerprint density at radius 2 is 2.28 bits per heavy atom. The van der Waals surface area contributed by atoms with E-state index in [2.05, 4.69) is 10.3 Å². The van der Waals surface area contributed by atoms with Gasteiger partial charge in [-0.2, -0.15) is 4.98 Å². The highest BCUT2D eigenvalue weighted by Crippen LogP contribution is 2.30. The smallest absolute Gasteiger partial charge is 0.239 e. The number of anilines is 2. The third-order valence-corrected chi connectivity index (χ3v) is 3.32. The molecule has 0 spiro atoms. The van der Waals surface area contributed by atoms with Gasteiger partial charge in [-0.05, 0) is 37.3 Å². The molecule has 2 fully saturated rings. The van der Waals surface area contributed by atoms with E-state index in [1.54, 1.807) is 0 Å². The van der Waals surface area contributed by atoms with Crippen molar-refractivity contribution in [1.82, 2.24) is 4.98 Å². The monoisotopic (exact) mass is 249 g/mol. The van der Waals surface area contributed by atoms with Crippen LogP contribution in [0, 0.1) is 5.92 Å². The van der Waals surface area contributed by atoms with Crippen molar-refractivity contribution in [1.29, 1.82) is 0 Å². The van der Waals surface area contributed by atoms with E-state index in [4.69, 9.17) is 15.2 Å². The molecule has 5 heteroatoms. The lowest BCUT2D eigenvalue weighted by atomic mass is 10.2. The standard InChI is InChI=1S/C13H19N3O2/c14-11-3-4-12(15-10-5-6-17-8-10)16-13(11)18-7-9-1-2-9/h3-4,9-10H,1-2,5-8,14H2,(H,15,16). The predicted molar refractivity (Wildman–Crippen MR) is 69.7 cm³/mol. The molecule has 0 radical (unpaired) electrons. The van der Waals surface area contributed by atoms with Crippen LogP contribution in [0.4, 0.5) is 11.5 Å². The number of aromatic nitrogens is 1. The third kappa shape index (κ3) is 2.85. The molecule has 5 nitrogen and oxygen atoms in total. The maximum Gasteiger partial charge on any atom is 0.239 e. The molecule has 1 unspecified atom stereocenters. The first kappa shape index (κ1) is 11.6. The van der Waals surface area contributed by atoms with Crippen LogP contribution in [0.15, 0.2) is 12.1 Å². The quantitative estimate of drug-likeness (QED) is 0.830. The van der Waals surface area contributed by atoms with Gasteiger partial charge in [-0.1, -0.05) is 0 Å². The normalized spacial score (nSPS) is 23.0. The molecule has 3 rings (SSSR count). The second kappa shape index (κ2) is 5.02. The molecule has 0 bridgehead atoms. The molecule has 1 aromatic heterocycles. The summed E-state index contributed by atoms with van der Waals surface area (Å²) in [7, 11) is 0. The number of nitrogens with two attached hydrogens (primary N) is 1. The van der Waals surface area contributed by atoms with Crippen molar-refractivity contribution >= 4 is 11.5 Å². The summed E-state index contributed by atoms with van der Waals surface area (Å²) in [6.45, 7) is 2.29. The average Bonchev–Trinajstić information content (AvgIpc) is 3.07. The van der Waals surface area contributed by atoms with Crippen molar-refractivity contribution in [2.45, 2.75) is 25.3 Å². The number of hydrogen-bond donors (Lipinski definition) is 2. The average molecular weight is 249 g/mol. The Labute approximate surface area is 107 Å². The minimum atomic E-state index is 0.345. The van der Waals surface area contributed by atoms with Crippen molar-refractivity contribution in [3.63, 3.8) is 0 Å². The van der Waals surface area contributed by atoms with Gasteiger partial charge in [-0.15, -0.1) is 0 Å². The van der Waals surface area contributed by atoms with Crippen LogP contribution < -0.4 is 15.8 Å². The summed E-state index contributed by atoms with van der Waals surface area (Å²) in [5.41, 5.74) is 6.47. The molecule has 2 heterocycles. The Hall–Kier alpha value is -1.49. The summed E-state index contributed by atoms with van der Waals surface area (Å²) in [4.78, 5) is 4.42. The molecular weight excluding hydrogens is 230 g/mol. The van der Waals surface area contributed by atoms with Crippen molar-refractivity contribution in [3.05, 3.63) is 12.1 Å². The van der Waals surface area contributed by atoms with Gasteiger partial charge in [0.15, 0.2) is 0 Å². The van der Waals surface area contributed by atoms with Gasteiger partial charge in [0, 0.05) is 6.61 Å². The largest absolute Gasteiger partial charge is 0.476 e. The number of ether oxygens (including phenoxy) is 2. The molecule has 1 saturated heterocycles. The first-order valence-electron chi connectivity index (χ1n) is 6.55. The Kier molecular flexibility index (Phi) is 3.23. The van der Waals surface area contributed by atoms with E-state index in [1.165, 1.54) is 12.8 Å². The van der Waals surface area contributed by atoms with E-state index in [1.807, 2.05) is 12.1 Å². The summed E-state index contributed by atoms with van der Waals surface area (Å²) in [6, 6.07) is 4.07. The van der Waals surface area contributed by atoms with E-state index in [-0.39, 0.29) is 0 Å². The van der Waals surface area contributed by atoms with Gasteiger partial charge < -0.3 is 20.5 Å². The summed E-state index contributed by atoms with van der Waals surface area (Å²) in [5, 5.41) is 3.34. The van der Waals surface area contributed by atoms with Gasteiger partial charge in [-0.3, -0.25) is 0 Å². The van der Waals surface area contributed by atoms with Crippen LogP contribution in [0.25, 0.3) is 0 Å². The first-order chi connectivity index (χ1) is 8.81. The molecule has 0 aromatic carbocycles. The number of hydrogen-bond acceptors (Lipinski definition) is 5. The Morgan fingerprint density at radius 3 is 3.00 bits per heavy atom. The molecular formula is C13H19N3O2. The summed E-state index contributed by atoms with van der Waals surface area (Å²) < 4.78 is 11.0. The zero-order valence-electron chi connectivity index (χ0n) is 10.4. The number of nitrogen functional groups attached to an aromatic ring is 1. The van der Waals surface area contributed by atoms with Crippen LogP contribution in [-0.4, -0.2) is 30.8 Å². The molecule has 2 aliphatic rings. The highest BCUT2D eigenvalue weighted by atomic mass is 16.5. The molecule has 18 heavy (non-hydrogen) atoms. The lowest BCUT2D eigenvalue weighted by Gasteiger charge is -2.13. The Bertz CT molecular complexity index is 415. The van der Waals surface area contributed by atoms with E-state index >= 15 is 0 Å². The zero-order valence-corrected chi connectivity index (χ0v) is 10.4. The number of rotatable bonds is 5. The topological polar surface area (TPSA) is 69.4 Å². The van der Waals surface area contributed by atoms with Crippen LogP contribution in [-0.2, 0) is 4.74 Å². The minimum Gasteiger partial charge on any atom is -0.476 e. The van der Waals surface area contributed by atoms with E-state index < -0.39 is 0 Å². The zero-order chi connectivity index (χ0) is 12.4. The number of pyridine rings is 1. The number of nitrogens with zero attached hydrogens (tertiary/aromatic N) is 1. The van der Waals surface area contributed by atoms with Crippen molar-refractivity contribution in [2.24, 2.45) is 5.92 Å². The molecule has 98 valence electrons. The van der Waals surface area contributed by atoms with Gasteiger partial charge in [0.1, 0.15) is 5.82 Å². The Balaban J connectivity index is 1.63. The van der Waals surface area contributed by atoms with E-state index in [0.717, 1.165) is 32.1 Å². The maximum absolute atomic E-state index is 5.86. The van der Waals surface area contributed by atoms with Gasteiger partial charge >= 0.3 is 0 Å². The summed E-state index contributed by atoms with van der Waals surface area (Å²) in [6.07, 6.45) is 3.54. The fourth-order valence-electron chi connectivity index (χ4n) is 1.99. The third-order valence-electron chi connectivity index (χ3n) is 3.32. The van der Waals surface area contributed by atoms with Crippen LogP contribution in [0.3, 0.4) is 0 Å². The van der Waals surface area contributed by atoms with Crippen LogP contribution in [0.1, 0.15) is 19.3 Å². The van der Waals surface area contributed by atoms with Crippen molar-refractivity contribution in [3.8, 4) is 5.88 Å². The maximum atomic E-state index is 5.86. The molecule has 0 amide bonds. The Morgan fingerprint density at radius 1 is 1.39 bits per heavy atom. The fraction of sp³-hybridized carbons (Fsp3) is 0.615. The van der Waals surface area contributed by atoms with E-state index in [9.17, 15) is 0 Å². The SMILES string of the molecule is Nc1ccc(NC2CCOC2)nc1OCC1CC1. The summed E-state index contributed by atoms with van der Waals surface area (Å²) in [5.74, 6) is 2.06. The highest BCUT2D eigenvalue weighted by molar-refractivity contribution is 5.53. The second-order valence-corrected chi connectivity index (χ2v) is 5.05. The lowest BCUT2D eigenvalue weighted by molar-refractivity contribution is 0.195. The number of nitrogens with one attached hydrogen (secondary N) is 1. The fourth-order valence-corrected chi connectivity index (χ4v) is 1.99. The molecule has 1 atom stereocenters. The van der Waals surface area contributed by atoms with Crippen LogP contribution >= 0.6 is 0 Å². The predicted octanol–water partition coefficient (Wildman–Crippen LogP) is 1.65. The first-order valence-corrected chi connectivity index (χ1v) is 6.55. The van der Waals surface area contributed by atoms with Gasteiger partial charge in [0.2, 0.25) is 5.88 Å². The van der Waals surface area contributed by atoms with Gasteiger partial charge in [-0.25, -0.2) is 0 Å². The molecule has 1 aliphatic heterocycles. The summed E-state index contributed by atoms with van der Waals surface area (Å²) >= 11 is 0. The highest BCUT2D eigenvalue weighted by Gasteiger charge is 2.23.